The molecule has 0 aromatic carbocycles. The highest BCUT2D eigenvalue weighted by atomic mass is 19.1. The second-order valence-corrected chi connectivity index (χ2v) is 6.01. The predicted octanol–water partition coefficient (Wildman–Crippen LogP) is 2.46. The molecule has 0 bridgehead atoms. The zero-order chi connectivity index (χ0) is 9.92. The Hall–Kier alpha value is -0.110. The Bertz CT molecular complexity index is 251. The van der Waals surface area contributed by atoms with E-state index in [1.807, 2.05) is 0 Å². The zero-order valence-electron chi connectivity index (χ0n) is 9.17. The van der Waals surface area contributed by atoms with Gasteiger partial charge >= 0.3 is 0 Å². The lowest BCUT2D eigenvalue weighted by Crippen LogP contribution is -2.43. The summed E-state index contributed by atoms with van der Waals surface area (Å²) in [5.74, 6) is 2.49. The van der Waals surface area contributed by atoms with Crippen LogP contribution in [0.1, 0.15) is 33.1 Å². The van der Waals surface area contributed by atoms with Crippen LogP contribution >= 0.6 is 0 Å². The Morgan fingerprint density at radius 1 is 1.43 bits per heavy atom. The van der Waals surface area contributed by atoms with Gasteiger partial charge in [-0.1, -0.05) is 13.8 Å². The minimum atomic E-state index is -0.546. The van der Waals surface area contributed by atoms with Gasteiger partial charge in [0.25, 0.3) is 0 Å². The smallest absolute Gasteiger partial charge is 0.115 e. The summed E-state index contributed by atoms with van der Waals surface area (Å²) in [5.41, 5.74) is 0.290. The number of halogens is 1. The van der Waals surface area contributed by atoms with Crippen LogP contribution in [-0.4, -0.2) is 29.7 Å². The van der Waals surface area contributed by atoms with Crippen LogP contribution in [0.5, 0.6) is 0 Å². The summed E-state index contributed by atoms with van der Waals surface area (Å²) in [7, 11) is 0. The maximum atomic E-state index is 13.5. The predicted molar refractivity (Wildman–Crippen MR) is 54.9 cm³/mol. The van der Waals surface area contributed by atoms with Crippen LogP contribution in [0.3, 0.4) is 0 Å². The van der Waals surface area contributed by atoms with E-state index < -0.39 is 6.17 Å². The molecule has 1 saturated carbocycles. The highest BCUT2D eigenvalue weighted by Gasteiger charge is 2.64. The number of hydrogen-bond acceptors (Lipinski definition) is 1. The molecule has 2 saturated heterocycles. The molecule has 1 aliphatic carbocycles. The Morgan fingerprint density at radius 3 is 2.93 bits per heavy atom. The molecule has 0 radical (unpaired) electrons. The second kappa shape index (κ2) is 2.72. The standard InChI is InChI=1S/C12H20FN/c1-8(2)4-12-5-10(13)7-14(12)6-9-3-11(9)12/h8-11H,3-7H2,1-2H3/t9?,10-,11?,12-/m1/s1. The molecule has 0 amide bonds. The van der Waals surface area contributed by atoms with E-state index in [2.05, 4.69) is 18.7 Å². The van der Waals surface area contributed by atoms with E-state index in [0.717, 1.165) is 24.8 Å². The topological polar surface area (TPSA) is 3.24 Å². The van der Waals surface area contributed by atoms with Crippen molar-refractivity contribution >= 4 is 0 Å². The third-order valence-corrected chi connectivity index (χ3v) is 4.45. The number of rotatable bonds is 2. The van der Waals surface area contributed by atoms with Crippen molar-refractivity contribution in [1.82, 2.24) is 4.90 Å². The maximum Gasteiger partial charge on any atom is 0.115 e. The van der Waals surface area contributed by atoms with Gasteiger partial charge in [-0.15, -0.1) is 0 Å². The van der Waals surface area contributed by atoms with Gasteiger partial charge in [-0.2, -0.15) is 0 Å². The average Bonchev–Trinajstić information content (AvgIpc) is 2.65. The van der Waals surface area contributed by atoms with E-state index in [1.165, 1.54) is 19.4 Å². The third-order valence-electron chi connectivity index (χ3n) is 4.45. The molecule has 0 N–H and O–H groups in total. The molecule has 1 nitrogen and oxygen atoms in total. The molecule has 0 aromatic rings. The maximum absolute atomic E-state index is 13.5. The van der Waals surface area contributed by atoms with Gasteiger partial charge in [0.1, 0.15) is 6.17 Å². The molecule has 3 aliphatic rings. The molecule has 2 heterocycles. The van der Waals surface area contributed by atoms with Crippen molar-refractivity contribution in [2.75, 3.05) is 13.1 Å². The number of hydrogen-bond donors (Lipinski definition) is 0. The molecule has 2 unspecified atom stereocenters. The van der Waals surface area contributed by atoms with Gasteiger partial charge in [0, 0.05) is 18.6 Å². The lowest BCUT2D eigenvalue weighted by Gasteiger charge is -2.36. The quantitative estimate of drug-likeness (QED) is 0.657. The number of fused-ring (bicyclic) bond motifs is 3. The van der Waals surface area contributed by atoms with Crippen LogP contribution in [0.4, 0.5) is 4.39 Å². The molecular weight excluding hydrogens is 177 g/mol. The first kappa shape index (κ1) is 9.14. The van der Waals surface area contributed by atoms with Crippen LogP contribution in [0.2, 0.25) is 0 Å². The highest BCUT2D eigenvalue weighted by molar-refractivity contribution is 5.18. The van der Waals surface area contributed by atoms with E-state index in [1.54, 1.807) is 0 Å². The minimum Gasteiger partial charge on any atom is -0.294 e. The largest absolute Gasteiger partial charge is 0.294 e. The van der Waals surface area contributed by atoms with E-state index in [-0.39, 0.29) is 5.54 Å². The minimum absolute atomic E-state index is 0.290. The monoisotopic (exact) mass is 197 g/mol. The number of nitrogens with zero attached hydrogens (tertiary/aromatic N) is 1. The van der Waals surface area contributed by atoms with Gasteiger partial charge in [0.15, 0.2) is 0 Å². The van der Waals surface area contributed by atoms with E-state index in [0.29, 0.717) is 5.92 Å². The molecular formula is C12H20FN. The molecule has 2 heteroatoms. The molecule has 3 rings (SSSR count). The van der Waals surface area contributed by atoms with Crippen molar-refractivity contribution in [1.29, 1.82) is 0 Å². The second-order valence-electron chi connectivity index (χ2n) is 6.01. The van der Waals surface area contributed by atoms with Gasteiger partial charge in [-0.3, -0.25) is 4.90 Å². The summed E-state index contributed by atoms with van der Waals surface area (Å²) in [6.07, 6.45) is 2.88. The van der Waals surface area contributed by atoms with Crippen LogP contribution in [0.15, 0.2) is 0 Å². The summed E-state index contributed by atoms with van der Waals surface area (Å²) >= 11 is 0. The Kier molecular flexibility index (Phi) is 1.77. The highest BCUT2D eigenvalue weighted by Crippen LogP contribution is 2.61. The van der Waals surface area contributed by atoms with Gasteiger partial charge in [0.05, 0.1) is 0 Å². The summed E-state index contributed by atoms with van der Waals surface area (Å²) in [6, 6.07) is 0. The fourth-order valence-corrected chi connectivity index (χ4v) is 4.10. The molecule has 80 valence electrons. The van der Waals surface area contributed by atoms with Gasteiger partial charge in [-0.05, 0) is 37.0 Å². The van der Waals surface area contributed by atoms with Crippen molar-refractivity contribution in [3.05, 3.63) is 0 Å². The zero-order valence-corrected chi connectivity index (χ0v) is 9.17. The van der Waals surface area contributed by atoms with Crippen molar-refractivity contribution < 1.29 is 4.39 Å². The lowest BCUT2D eigenvalue weighted by atomic mass is 9.83. The first-order valence-electron chi connectivity index (χ1n) is 6.01. The fraction of sp³-hybridized carbons (Fsp3) is 1.00. The first-order chi connectivity index (χ1) is 6.62. The average molecular weight is 197 g/mol. The van der Waals surface area contributed by atoms with E-state index >= 15 is 0 Å². The summed E-state index contributed by atoms with van der Waals surface area (Å²) in [5, 5.41) is 0. The van der Waals surface area contributed by atoms with Crippen molar-refractivity contribution in [3.8, 4) is 0 Å². The van der Waals surface area contributed by atoms with Gasteiger partial charge < -0.3 is 0 Å². The van der Waals surface area contributed by atoms with Gasteiger partial charge in [0.2, 0.25) is 0 Å². The van der Waals surface area contributed by atoms with E-state index in [9.17, 15) is 4.39 Å². The van der Waals surface area contributed by atoms with Gasteiger partial charge in [-0.25, -0.2) is 4.39 Å². The van der Waals surface area contributed by atoms with Crippen molar-refractivity contribution in [3.63, 3.8) is 0 Å². The van der Waals surface area contributed by atoms with Crippen LogP contribution in [0, 0.1) is 17.8 Å². The third kappa shape index (κ3) is 1.09. The van der Waals surface area contributed by atoms with Crippen LogP contribution in [-0.2, 0) is 0 Å². The molecule has 0 spiro atoms. The first-order valence-corrected chi connectivity index (χ1v) is 6.01. The van der Waals surface area contributed by atoms with Crippen LogP contribution < -0.4 is 0 Å². The van der Waals surface area contributed by atoms with Crippen LogP contribution in [0.25, 0.3) is 0 Å². The number of alkyl halides is 1. The Balaban J connectivity index is 1.85. The SMILES string of the molecule is CC(C)C[C@]12C[C@@H](F)CN1CC1CC12. The normalized spacial score (nSPS) is 51.0. The molecule has 4 atom stereocenters. The number of piperidine rings is 1. The Labute approximate surface area is 85.7 Å². The lowest BCUT2D eigenvalue weighted by molar-refractivity contribution is 0.129. The Morgan fingerprint density at radius 2 is 2.21 bits per heavy atom. The summed E-state index contributed by atoms with van der Waals surface area (Å²) < 4.78 is 13.5. The molecule has 14 heavy (non-hydrogen) atoms. The van der Waals surface area contributed by atoms with Crippen molar-refractivity contribution in [2.45, 2.75) is 44.8 Å². The molecule has 3 fully saturated rings. The molecule has 0 aromatic heterocycles. The fourth-order valence-electron chi connectivity index (χ4n) is 4.10. The van der Waals surface area contributed by atoms with Crippen molar-refractivity contribution in [2.24, 2.45) is 17.8 Å². The van der Waals surface area contributed by atoms with E-state index in [4.69, 9.17) is 0 Å². The molecule has 2 aliphatic heterocycles. The summed E-state index contributed by atoms with van der Waals surface area (Å²) in [4.78, 5) is 2.47. The summed E-state index contributed by atoms with van der Waals surface area (Å²) in [6.45, 7) is 6.46.